The fraction of sp³-hybridized carbons (Fsp3) is 0.474. The number of ether oxygens (including phenoxy) is 2. The van der Waals surface area contributed by atoms with Crippen LogP contribution < -0.4 is 5.32 Å². The third-order valence-corrected chi connectivity index (χ3v) is 9.75. The molecule has 2 N–H and O–H groups in total. The Morgan fingerprint density at radius 3 is 2.48 bits per heavy atom. The average molecular weight is 658 g/mol. The number of benzene rings is 2. The predicted octanol–water partition coefficient (Wildman–Crippen LogP) is 4.11. The van der Waals surface area contributed by atoms with Crippen molar-refractivity contribution in [3.8, 4) is 0 Å². The molecule has 3 heterocycles. The Labute approximate surface area is 282 Å². The minimum Gasteiger partial charge on any atom is -0.463 e. The highest BCUT2D eigenvalue weighted by Gasteiger charge is 2.74. The molecule has 2 aromatic carbocycles. The van der Waals surface area contributed by atoms with Gasteiger partial charge in [0.2, 0.25) is 17.7 Å². The van der Waals surface area contributed by atoms with Gasteiger partial charge >= 0.3 is 5.97 Å². The zero-order valence-corrected chi connectivity index (χ0v) is 27.5. The maximum atomic E-state index is 14.6. The smallest absolute Gasteiger partial charge is 0.306 e. The standard InChI is InChI=1S/C38H47N3O7/c1-3-5-19-31(43)47-26-29(28-17-11-7-12-18-28)39-35(44)32-30-20-21-38(48-30)33(32)36(45)41(23-13-8-14-24-42)34(38)37(46)40(22-4-2)25-27-15-9-6-10-16-27/h3-4,6-7,9-12,15-18,29-30,32-34,42H,1-2,5,8,13-14,19-26H2,(H,39,44)/t29-,30+,32-,33-,34+,38-/m0/s1. The number of carbonyl (C=O) groups excluding carboxylic acids is 4. The highest BCUT2D eigenvalue weighted by atomic mass is 16.5. The molecule has 3 aliphatic rings. The van der Waals surface area contributed by atoms with Crippen LogP contribution in [0.2, 0.25) is 0 Å². The van der Waals surface area contributed by atoms with E-state index in [0.29, 0.717) is 51.6 Å². The first kappa shape index (κ1) is 35.0. The van der Waals surface area contributed by atoms with Gasteiger partial charge in [0, 0.05) is 32.7 Å². The van der Waals surface area contributed by atoms with Crippen LogP contribution >= 0.6 is 0 Å². The summed E-state index contributed by atoms with van der Waals surface area (Å²) >= 11 is 0. The second-order valence-corrected chi connectivity index (χ2v) is 12.8. The maximum absolute atomic E-state index is 14.6. The van der Waals surface area contributed by atoms with Gasteiger partial charge in [0.1, 0.15) is 18.2 Å². The van der Waals surface area contributed by atoms with Crippen molar-refractivity contribution < 1.29 is 33.8 Å². The van der Waals surface area contributed by atoms with E-state index in [0.717, 1.165) is 11.1 Å². The number of hydrogen-bond donors (Lipinski definition) is 2. The Morgan fingerprint density at radius 2 is 1.79 bits per heavy atom. The predicted molar refractivity (Wildman–Crippen MR) is 180 cm³/mol. The molecular formula is C38H47N3O7. The number of rotatable bonds is 18. The van der Waals surface area contributed by atoms with Crippen LogP contribution in [0.25, 0.3) is 0 Å². The number of fused-ring (bicyclic) bond motifs is 1. The van der Waals surface area contributed by atoms with Crippen molar-refractivity contribution in [1.82, 2.24) is 15.1 Å². The minimum atomic E-state index is -1.15. The van der Waals surface area contributed by atoms with Crippen molar-refractivity contribution in [2.75, 3.05) is 26.3 Å². The van der Waals surface area contributed by atoms with Gasteiger partial charge in [-0.05, 0) is 49.7 Å². The lowest BCUT2D eigenvalue weighted by Gasteiger charge is -2.37. The summed E-state index contributed by atoms with van der Waals surface area (Å²) in [6.45, 7) is 8.45. The number of nitrogens with one attached hydrogen (secondary N) is 1. The Bertz CT molecular complexity index is 1450. The SMILES string of the molecule is C=CCCC(=O)OC[C@H](NC(=O)[C@@H]1[C@H]2C(=O)N(CCCCCO)[C@H](C(=O)N(CC=C)Cc3ccccc3)[C@]23CC[C@H]1O3)c1ccccc1. The largest absolute Gasteiger partial charge is 0.463 e. The molecule has 10 nitrogen and oxygen atoms in total. The van der Waals surface area contributed by atoms with Crippen molar-refractivity contribution in [3.63, 3.8) is 0 Å². The summed E-state index contributed by atoms with van der Waals surface area (Å²) in [5, 5.41) is 12.4. The molecule has 2 aromatic rings. The number of allylic oxidation sites excluding steroid dienone is 1. The summed E-state index contributed by atoms with van der Waals surface area (Å²) in [7, 11) is 0. The van der Waals surface area contributed by atoms with Crippen LogP contribution in [0, 0.1) is 11.8 Å². The van der Waals surface area contributed by atoms with Crippen molar-refractivity contribution >= 4 is 23.7 Å². The van der Waals surface area contributed by atoms with Crippen molar-refractivity contribution in [2.45, 2.75) is 75.3 Å². The summed E-state index contributed by atoms with van der Waals surface area (Å²) < 4.78 is 12.2. The van der Waals surface area contributed by atoms with E-state index in [4.69, 9.17) is 9.47 Å². The van der Waals surface area contributed by atoms with E-state index in [1.54, 1.807) is 22.0 Å². The molecule has 256 valence electrons. The highest BCUT2D eigenvalue weighted by molar-refractivity contribution is 5.99. The monoisotopic (exact) mass is 657 g/mol. The number of likely N-dealkylation sites (tertiary alicyclic amines) is 1. The molecule has 1 spiro atoms. The van der Waals surface area contributed by atoms with E-state index in [2.05, 4.69) is 18.5 Å². The maximum Gasteiger partial charge on any atom is 0.306 e. The van der Waals surface area contributed by atoms with Crippen LogP contribution in [0.5, 0.6) is 0 Å². The van der Waals surface area contributed by atoms with Crippen LogP contribution in [0.3, 0.4) is 0 Å². The Hall–Kier alpha value is -4.28. The molecule has 48 heavy (non-hydrogen) atoms. The molecule has 0 saturated carbocycles. The third-order valence-electron chi connectivity index (χ3n) is 9.75. The van der Waals surface area contributed by atoms with Crippen LogP contribution in [0.1, 0.15) is 62.1 Å². The fourth-order valence-corrected chi connectivity index (χ4v) is 7.55. The zero-order valence-electron chi connectivity index (χ0n) is 27.5. The molecule has 0 aliphatic carbocycles. The molecule has 3 fully saturated rings. The van der Waals surface area contributed by atoms with Gasteiger partial charge in [0.15, 0.2) is 0 Å². The number of nitrogens with zero attached hydrogens (tertiary/aromatic N) is 2. The molecule has 3 aliphatic heterocycles. The van der Waals surface area contributed by atoms with Gasteiger partial charge in [0.05, 0.1) is 24.0 Å². The second-order valence-electron chi connectivity index (χ2n) is 12.8. The number of amides is 3. The van der Waals surface area contributed by atoms with E-state index in [9.17, 15) is 24.3 Å². The first-order chi connectivity index (χ1) is 23.3. The number of unbranched alkanes of at least 4 members (excludes halogenated alkanes) is 2. The Balaban J connectivity index is 1.42. The van der Waals surface area contributed by atoms with E-state index in [1.807, 2.05) is 60.7 Å². The van der Waals surface area contributed by atoms with Crippen molar-refractivity contribution in [3.05, 3.63) is 97.1 Å². The third kappa shape index (κ3) is 7.39. The number of aliphatic hydroxyl groups is 1. The van der Waals surface area contributed by atoms with E-state index < -0.39 is 41.6 Å². The summed E-state index contributed by atoms with van der Waals surface area (Å²) in [6, 6.07) is 17.4. The molecule has 0 unspecified atom stereocenters. The normalized spacial score (nSPS) is 24.5. The van der Waals surface area contributed by atoms with E-state index in [1.165, 1.54) is 0 Å². The van der Waals surface area contributed by atoms with Gasteiger partial charge in [-0.2, -0.15) is 0 Å². The lowest BCUT2D eigenvalue weighted by molar-refractivity contribution is -0.148. The summed E-state index contributed by atoms with van der Waals surface area (Å²) in [5.74, 6) is -2.89. The van der Waals surface area contributed by atoms with E-state index >= 15 is 0 Å². The van der Waals surface area contributed by atoms with Gasteiger partial charge in [0.25, 0.3) is 0 Å². The Morgan fingerprint density at radius 1 is 1.06 bits per heavy atom. The second kappa shape index (κ2) is 16.2. The summed E-state index contributed by atoms with van der Waals surface area (Å²) in [6.07, 6.45) is 6.38. The van der Waals surface area contributed by atoms with Gasteiger partial charge in [-0.1, -0.05) is 72.8 Å². The highest BCUT2D eigenvalue weighted by Crippen LogP contribution is 2.58. The lowest BCUT2D eigenvalue weighted by atomic mass is 9.70. The fourth-order valence-electron chi connectivity index (χ4n) is 7.55. The van der Waals surface area contributed by atoms with Crippen LogP contribution in [0.15, 0.2) is 86.0 Å². The average Bonchev–Trinajstić information content (AvgIpc) is 3.75. The summed E-state index contributed by atoms with van der Waals surface area (Å²) in [4.78, 5) is 58.9. The summed E-state index contributed by atoms with van der Waals surface area (Å²) in [5.41, 5.74) is 0.568. The van der Waals surface area contributed by atoms with Crippen LogP contribution in [0.4, 0.5) is 0 Å². The van der Waals surface area contributed by atoms with Crippen LogP contribution in [-0.4, -0.2) is 82.6 Å². The number of esters is 1. The topological polar surface area (TPSA) is 125 Å². The minimum absolute atomic E-state index is 0.0479. The van der Waals surface area contributed by atoms with Gasteiger partial charge < -0.3 is 29.7 Å². The molecule has 5 rings (SSSR count). The number of aliphatic hydroxyl groups excluding tert-OH is 1. The Kier molecular flexibility index (Phi) is 11.8. The molecule has 3 saturated heterocycles. The molecule has 6 atom stereocenters. The van der Waals surface area contributed by atoms with Gasteiger partial charge in [-0.15, -0.1) is 13.2 Å². The first-order valence-corrected chi connectivity index (χ1v) is 17.0. The molecule has 10 heteroatoms. The zero-order chi connectivity index (χ0) is 34.1. The van der Waals surface area contributed by atoms with Crippen LogP contribution in [-0.2, 0) is 35.2 Å². The molecule has 3 amide bonds. The number of hydrogen-bond acceptors (Lipinski definition) is 7. The molecule has 0 aromatic heterocycles. The molecular weight excluding hydrogens is 610 g/mol. The lowest BCUT2D eigenvalue weighted by Crippen LogP contribution is -2.56. The van der Waals surface area contributed by atoms with Crippen molar-refractivity contribution in [1.29, 1.82) is 0 Å². The van der Waals surface area contributed by atoms with Gasteiger partial charge in [-0.3, -0.25) is 19.2 Å². The van der Waals surface area contributed by atoms with Gasteiger partial charge in [-0.25, -0.2) is 0 Å². The number of carbonyl (C=O) groups is 4. The molecule has 2 bridgehead atoms. The van der Waals surface area contributed by atoms with Crippen molar-refractivity contribution in [2.24, 2.45) is 11.8 Å². The molecule has 0 radical (unpaired) electrons. The quantitative estimate of drug-likeness (QED) is 0.141. The van der Waals surface area contributed by atoms with E-state index in [-0.39, 0.29) is 43.9 Å². The first-order valence-electron chi connectivity index (χ1n) is 17.0.